The number of rotatable bonds is 7. The number of carbonyl (C=O) groups is 3. The Morgan fingerprint density at radius 3 is 2.14 bits per heavy atom. The van der Waals surface area contributed by atoms with Crippen molar-refractivity contribution in [2.75, 3.05) is 13.2 Å². The van der Waals surface area contributed by atoms with Gasteiger partial charge in [-0.2, -0.15) is 0 Å². The van der Waals surface area contributed by atoms with E-state index < -0.39 is 18.0 Å². The fourth-order valence-corrected chi connectivity index (χ4v) is 5.70. The minimum Gasteiger partial charge on any atom is -0.480 e. The van der Waals surface area contributed by atoms with Gasteiger partial charge in [0.1, 0.15) is 13.2 Å². The molecule has 2 atom stereocenters. The summed E-state index contributed by atoms with van der Waals surface area (Å²) in [6, 6.07) is 16.1. The monoisotopic (exact) mass is 476 g/mol. The largest absolute Gasteiger partial charge is 0.480 e. The van der Waals surface area contributed by atoms with Gasteiger partial charge in [-0.1, -0.05) is 67.8 Å². The predicted octanol–water partition coefficient (Wildman–Crippen LogP) is 4.55. The number of aliphatic carboxylic acids is 1. The zero-order valence-electron chi connectivity index (χ0n) is 19.8. The van der Waals surface area contributed by atoms with Crippen LogP contribution in [-0.2, 0) is 14.3 Å². The van der Waals surface area contributed by atoms with Crippen LogP contribution in [0.25, 0.3) is 11.1 Å². The van der Waals surface area contributed by atoms with Crippen LogP contribution in [0, 0.1) is 5.92 Å². The van der Waals surface area contributed by atoms with Gasteiger partial charge < -0.3 is 20.1 Å². The number of nitrogens with one attached hydrogen (secondary N) is 1. The maximum atomic E-state index is 13.4. The van der Waals surface area contributed by atoms with Gasteiger partial charge in [0.05, 0.1) is 5.92 Å². The normalized spacial score (nSPS) is 21.4. The van der Waals surface area contributed by atoms with E-state index in [0.717, 1.165) is 43.2 Å². The molecular weight excluding hydrogens is 444 g/mol. The number of benzene rings is 2. The fraction of sp³-hybridized carbons (Fsp3) is 0.464. The van der Waals surface area contributed by atoms with Crippen LogP contribution >= 0.6 is 0 Å². The molecule has 2 aromatic rings. The van der Waals surface area contributed by atoms with Crippen LogP contribution in [0.5, 0.6) is 0 Å². The summed E-state index contributed by atoms with van der Waals surface area (Å²) < 4.78 is 5.73. The van der Waals surface area contributed by atoms with Crippen LogP contribution in [-0.4, -0.2) is 53.2 Å². The molecule has 2 amide bonds. The fourth-order valence-electron chi connectivity index (χ4n) is 5.70. The van der Waals surface area contributed by atoms with Crippen LogP contribution < -0.4 is 5.32 Å². The van der Waals surface area contributed by atoms with E-state index in [1.54, 1.807) is 0 Å². The van der Waals surface area contributed by atoms with Crippen molar-refractivity contribution in [2.24, 2.45) is 5.92 Å². The third-order valence-electron chi connectivity index (χ3n) is 7.56. The third-order valence-corrected chi connectivity index (χ3v) is 7.56. The lowest BCUT2D eigenvalue weighted by molar-refractivity contribution is -0.147. The second kappa shape index (κ2) is 10.1. The Balaban J connectivity index is 1.26. The number of carboxylic acid groups (broad SMARTS) is 1. The topological polar surface area (TPSA) is 95.9 Å². The summed E-state index contributed by atoms with van der Waals surface area (Å²) in [5.41, 5.74) is 4.64. The van der Waals surface area contributed by atoms with Crippen molar-refractivity contribution >= 4 is 18.0 Å². The van der Waals surface area contributed by atoms with Crippen LogP contribution in [0.1, 0.15) is 62.0 Å². The van der Waals surface area contributed by atoms with E-state index in [9.17, 15) is 19.5 Å². The summed E-state index contributed by atoms with van der Waals surface area (Å²) in [6.45, 7) is -0.0595. The molecule has 5 rings (SSSR count). The van der Waals surface area contributed by atoms with Crippen molar-refractivity contribution < 1.29 is 24.2 Å². The second-order valence-corrected chi connectivity index (χ2v) is 9.91. The van der Waals surface area contributed by atoms with Gasteiger partial charge in [0, 0.05) is 18.0 Å². The van der Waals surface area contributed by atoms with E-state index in [4.69, 9.17) is 4.74 Å². The van der Waals surface area contributed by atoms with Crippen LogP contribution in [0.4, 0.5) is 4.79 Å². The number of fused-ring (bicyclic) bond motifs is 3. The smallest absolute Gasteiger partial charge is 0.407 e. The molecule has 35 heavy (non-hydrogen) atoms. The highest BCUT2D eigenvalue weighted by atomic mass is 16.5. The molecule has 0 bridgehead atoms. The van der Waals surface area contributed by atoms with E-state index in [-0.39, 0.29) is 37.1 Å². The Hall–Kier alpha value is -3.35. The SMILES string of the molecule is O=C(O)CN(C(=O)[C@@H]1CCCCC[C@@H]1NC(=O)OCC1c2ccccc2-c2ccccc21)C1CC1. The first-order valence-electron chi connectivity index (χ1n) is 12.7. The summed E-state index contributed by atoms with van der Waals surface area (Å²) >= 11 is 0. The maximum Gasteiger partial charge on any atom is 0.407 e. The van der Waals surface area contributed by atoms with E-state index in [0.29, 0.717) is 12.8 Å². The molecule has 0 heterocycles. The van der Waals surface area contributed by atoms with Crippen LogP contribution in [0.2, 0.25) is 0 Å². The highest BCUT2D eigenvalue weighted by molar-refractivity contribution is 5.85. The number of carbonyl (C=O) groups excluding carboxylic acids is 2. The first-order chi connectivity index (χ1) is 17.0. The first-order valence-corrected chi connectivity index (χ1v) is 12.7. The molecule has 0 saturated heterocycles. The molecule has 2 N–H and O–H groups in total. The number of carboxylic acids is 1. The van der Waals surface area contributed by atoms with Crippen molar-refractivity contribution in [2.45, 2.75) is 62.9 Å². The number of hydrogen-bond acceptors (Lipinski definition) is 4. The molecule has 7 nitrogen and oxygen atoms in total. The molecule has 3 aliphatic carbocycles. The summed E-state index contributed by atoms with van der Waals surface area (Å²) in [6.07, 6.45) is 5.31. The van der Waals surface area contributed by atoms with Crippen molar-refractivity contribution in [3.63, 3.8) is 0 Å². The minimum absolute atomic E-state index is 0.0111. The van der Waals surface area contributed by atoms with E-state index >= 15 is 0 Å². The third kappa shape index (κ3) is 5.04. The maximum absolute atomic E-state index is 13.4. The average Bonchev–Trinajstić information content (AvgIpc) is 3.67. The van der Waals surface area contributed by atoms with Crippen molar-refractivity contribution in [1.29, 1.82) is 0 Å². The van der Waals surface area contributed by atoms with Gasteiger partial charge in [-0.05, 0) is 47.9 Å². The molecule has 3 aliphatic rings. The molecule has 0 aromatic heterocycles. The van der Waals surface area contributed by atoms with E-state index in [1.807, 2.05) is 24.3 Å². The molecule has 0 spiro atoms. The molecule has 7 heteroatoms. The number of amides is 2. The Labute approximate surface area is 205 Å². The van der Waals surface area contributed by atoms with E-state index in [2.05, 4.69) is 29.6 Å². The Bertz CT molecular complexity index is 1070. The quantitative estimate of drug-likeness (QED) is 0.572. The predicted molar refractivity (Wildman–Crippen MR) is 131 cm³/mol. The summed E-state index contributed by atoms with van der Waals surface area (Å²) in [4.78, 5) is 39.1. The Morgan fingerprint density at radius 2 is 1.51 bits per heavy atom. The highest BCUT2D eigenvalue weighted by Crippen LogP contribution is 2.44. The minimum atomic E-state index is -1.00. The average molecular weight is 477 g/mol. The molecule has 184 valence electrons. The lowest BCUT2D eigenvalue weighted by Gasteiger charge is -2.30. The van der Waals surface area contributed by atoms with Gasteiger partial charge in [0.25, 0.3) is 0 Å². The van der Waals surface area contributed by atoms with Crippen molar-refractivity contribution in [3.05, 3.63) is 59.7 Å². The van der Waals surface area contributed by atoms with E-state index in [1.165, 1.54) is 16.0 Å². The van der Waals surface area contributed by atoms with Gasteiger partial charge in [-0.3, -0.25) is 9.59 Å². The van der Waals surface area contributed by atoms with Gasteiger partial charge in [-0.25, -0.2) is 4.79 Å². The number of ether oxygens (including phenoxy) is 1. The molecule has 0 radical (unpaired) electrons. The molecule has 0 unspecified atom stereocenters. The zero-order valence-corrected chi connectivity index (χ0v) is 19.8. The Kier molecular flexibility index (Phi) is 6.75. The standard InChI is InChI=1S/C28H32N2O5/c31-26(32)16-30(18-14-15-18)27(33)23-12-2-1-3-13-25(23)29-28(34)35-17-24-21-10-6-4-8-19(21)20-9-5-7-11-22(20)24/h4-11,18,23-25H,1-3,12-17H2,(H,29,34)(H,31,32)/t23-,25+/m1/s1. The molecule has 0 aliphatic heterocycles. The molecular formula is C28H32N2O5. The van der Waals surface area contributed by atoms with Gasteiger partial charge in [0.15, 0.2) is 0 Å². The molecule has 2 fully saturated rings. The zero-order chi connectivity index (χ0) is 24.4. The van der Waals surface area contributed by atoms with Crippen molar-refractivity contribution in [3.8, 4) is 11.1 Å². The summed E-state index contributed by atoms with van der Waals surface area (Å²) in [5, 5.41) is 12.3. The molecule has 2 saturated carbocycles. The molecule has 2 aromatic carbocycles. The number of alkyl carbamates (subject to hydrolysis) is 1. The number of nitrogens with zero attached hydrogens (tertiary/aromatic N) is 1. The van der Waals surface area contributed by atoms with Crippen LogP contribution in [0.15, 0.2) is 48.5 Å². The van der Waals surface area contributed by atoms with Crippen molar-refractivity contribution in [1.82, 2.24) is 10.2 Å². The van der Waals surface area contributed by atoms with Gasteiger partial charge >= 0.3 is 12.1 Å². The highest BCUT2D eigenvalue weighted by Gasteiger charge is 2.40. The first kappa shape index (κ1) is 23.4. The van der Waals surface area contributed by atoms with Gasteiger partial charge in [-0.15, -0.1) is 0 Å². The Morgan fingerprint density at radius 1 is 0.886 bits per heavy atom. The summed E-state index contributed by atoms with van der Waals surface area (Å²) in [5.74, 6) is -1.60. The van der Waals surface area contributed by atoms with Crippen LogP contribution in [0.3, 0.4) is 0 Å². The summed E-state index contributed by atoms with van der Waals surface area (Å²) in [7, 11) is 0. The number of hydrogen-bond donors (Lipinski definition) is 2. The van der Waals surface area contributed by atoms with Gasteiger partial charge in [0.2, 0.25) is 5.91 Å². The lowest BCUT2D eigenvalue weighted by Crippen LogP contribution is -2.49. The lowest BCUT2D eigenvalue weighted by atomic mass is 9.93. The second-order valence-electron chi connectivity index (χ2n) is 9.91.